The molecule has 0 radical (unpaired) electrons. The number of carbonyl (C=O) groups is 3. The molecule has 0 aromatic rings. The monoisotopic (exact) mass is 311 g/mol. The molecule has 6 nitrogen and oxygen atoms in total. The van der Waals surface area contributed by atoms with Crippen LogP contribution in [-0.2, 0) is 14.4 Å². The van der Waals surface area contributed by atoms with Crippen molar-refractivity contribution in [3.63, 3.8) is 0 Å². The fourth-order valence-electron chi connectivity index (χ4n) is 2.45. The number of nitrogens with one attached hydrogen (secondary N) is 2. The van der Waals surface area contributed by atoms with E-state index in [2.05, 4.69) is 15.5 Å². The van der Waals surface area contributed by atoms with Crippen molar-refractivity contribution >= 4 is 42.7 Å². The highest BCUT2D eigenvalue weighted by Crippen LogP contribution is 2.15. The van der Waals surface area contributed by atoms with Crippen LogP contribution in [0.4, 0.5) is 0 Å². The van der Waals surface area contributed by atoms with E-state index in [0.717, 1.165) is 25.9 Å². The zero-order valence-electron chi connectivity index (χ0n) is 10.5. The number of ketones is 2. The molecule has 0 aromatic heterocycles. The molecule has 0 bridgehead atoms. The maximum absolute atomic E-state index is 11.5. The molecule has 2 fully saturated rings. The molecule has 0 amide bonds. The van der Waals surface area contributed by atoms with Crippen molar-refractivity contribution in [1.29, 1.82) is 0 Å². The van der Waals surface area contributed by atoms with Crippen molar-refractivity contribution in [1.82, 2.24) is 15.5 Å². The lowest BCUT2D eigenvalue weighted by Gasteiger charge is -2.30. The van der Waals surface area contributed by atoms with Crippen molar-refractivity contribution in [3.05, 3.63) is 0 Å². The van der Waals surface area contributed by atoms with E-state index in [1.165, 1.54) is 0 Å². The summed E-state index contributed by atoms with van der Waals surface area (Å²) < 4.78 is 0. The summed E-state index contributed by atoms with van der Waals surface area (Å²) in [5, 5.41) is 6.28. The lowest BCUT2D eigenvalue weighted by atomic mass is 10.0. The highest BCUT2D eigenvalue weighted by Gasteiger charge is 2.34. The van der Waals surface area contributed by atoms with E-state index in [0.29, 0.717) is 19.3 Å². The average Bonchev–Trinajstić information content (AvgIpc) is 2.87. The third kappa shape index (κ3) is 4.50. The second-order valence-electron chi connectivity index (χ2n) is 4.51. The summed E-state index contributed by atoms with van der Waals surface area (Å²) in [6.45, 7) is 3.14. The van der Waals surface area contributed by atoms with Gasteiger partial charge in [-0.05, 0) is 25.9 Å². The van der Waals surface area contributed by atoms with Crippen LogP contribution in [0, 0.1) is 0 Å². The maximum Gasteiger partial charge on any atom is 0.262 e. The molecule has 0 saturated carbocycles. The number of aldehydes is 1. The Kier molecular flexibility index (Phi) is 8.36. The molecule has 0 aromatic carbocycles. The number of piperidine rings is 1. The first-order valence-corrected chi connectivity index (χ1v) is 5.94. The standard InChI is InChI=1S/C11H17N3O3.2ClH/c15-6-10(16)11(17)9-5-14(7-13-9)8-1-3-12-4-2-8;;/h6,8-9,12-13H,1-5,7H2;2*1H. The molecule has 0 aliphatic carbocycles. The molecule has 2 aliphatic heterocycles. The van der Waals surface area contributed by atoms with E-state index in [1.54, 1.807) is 0 Å². The largest absolute Gasteiger partial charge is 0.317 e. The van der Waals surface area contributed by atoms with Crippen LogP contribution in [0.2, 0.25) is 0 Å². The predicted octanol–water partition coefficient (Wildman–Crippen LogP) is -0.850. The van der Waals surface area contributed by atoms with Gasteiger partial charge in [-0.15, -0.1) is 24.8 Å². The molecular weight excluding hydrogens is 293 g/mol. The number of hydrogen-bond donors (Lipinski definition) is 2. The fraction of sp³-hybridized carbons (Fsp3) is 0.727. The SMILES string of the molecule is Cl.Cl.O=CC(=O)C(=O)C1CN(C2CCNCC2)CN1. The van der Waals surface area contributed by atoms with Crippen molar-refractivity contribution in [2.45, 2.75) is 24.9 Å². The quantitative estimate of drug-likeness (QED) is 0.400. The number of hydrogen-bond acceptors (Lipinski definition) is 6. The summed E-state index contributed by atoms with van der Waals surface area (Å²) in [6, 6.07) is -0.0459. The number of rotatable bonds is 4. The zero-order chi connectivity index (χ0) is 12.3. The minimum Gasteiger partial charge on any atom is -0.317 e. The van der Waals surface area contributed by atoms with Gasteiger partial charge in [0.1, 0.15) is 0 Å². The summed E-state index contributed by atoms with van der Waals surface area (Å²) in [5.41, 5.74) is 0. The van der Waals surface area contributed by atoms with Gasteiger partial charge in [0, 0.05) is 19.3 Å². The van der Waals surface area contributed by atoms with E-state index in [9.17, 15) is 14.4 Å². The van der Waals surface area contributed by atoms with Crippen molar-refractivity contribution < 1.29 is 14.4 Å². The van der Waals surface area contributed by atoms with Gasteiger partial charge in [0.15, 0.2) is 6.29 Å². The van der Waals surface area contributed by atoms with Crippen LogP contribution >= 0.6 is 24.8 Å². The number of Topliss-reactive ketones (excluding diaryl/α,β-unsaturated/α-hetero) is 2. The molecule has 2 aliphatic rings. The van der Waals surface area contributed by atoms with Crippen LogP contribution in [0.1, 0.15) is 12.8 Å². The molecular formula is C11H19Cl2N3O3. The Morgan fingerprint density at radius 2 is 1.79 bits per heavy atom. The van der Waals surface area contributed by atoms with Crippen LogP contribution < -0.4 is 10.6 Å². The normalized spacial score (nSPS) is 24.1. The Bertz CT molecular complexity index is 335. The summed E-state index contributed by atoms with van der Waals surface area (Å²) >= 11 is 0. The van der Waals surface area contributed by atoms with Gasteiger partial charge in [-0.3, -0.25) is 24.6 Å². The minimum atomic E-state index is -0.935. The van der Waals surface area contributed by atoms with Gasteiger partial charge in [0.2, 0.25) is 5.78 Å². The number of halogens is 2. The van der Waals surface area contributed by atoms with E-state index >= 15 is 0 Å². The average molecular weight is 312 g/mol. The molecule has 2 heterocycles. The Balaban J connectivity index is 0.00000162. The highest BCUT2D eigenvalue weighted by atomic mass is 35.5. The summed E-state index contributed by atoms with van der Waals surface area (Å²) in [7, 11) is 0. The summed E-state index contributed by atoms with van der Waals surface area (Å²) in [5.74, 6) is -1.55. The van der Waals surface area contributed by atoms with E-state index in [-0.39, 0.29) is 31.1 Å². The molecule has 2 N–H and O–H groups in total. The van der Waals surface area contributed by atoms with Gasteiger partial charge in [-0.2, -0.15) is 0 Å². The van der Waals surface area contributed by atoms with Gasteiger partial charge in [0.25, 0.3) is 5.78 Å². The molecule has 2 rings (SSSR count). The molecule has 8 heteroatoms. The maximum atomic E-state index is 11.5. The first-order valence-electron chi connectivity index (χ1n) is 5.94. The van der Waals surface area contributed by atoms with Crippen LogP contribution in [0.25, 0.3) is 0 Å². The first-order chi connectivity index (χ1) is 8.22. The number of nitrogens with zero attached hydrogens (tertiary/aromatic N) is 1. The topological polar surface area (TPSA) is 78.5 Å². The van der Waals surface area contributed by atoms with Crippen molar-refractivity contribution in [2.24, 2.45) is 0 Å². The van der Waals surface area contributed by atoms with Gasteiger partial charge in [-0.25, -0.2) is 0 Å². The molecule has 1 unspecified atom stereocenters. The van der Waals surface area contributed by atoms with Crippen LogP contribution in [-0.4, -0.2) is 61.1 Å². The summed E-state index contributed by atoms with van der Waals surface area (Å²) in [4.78, 5) is 35.0. The molecule has 0 spiro atoms. The second-order valence-corrected chi connectivity index (χ2v) is 4.51. The van der Waals surface area contributed by atoms with Crippen molar-refractivity contribution in [2.75, 3.05) is 26.3 Å². The highest BCUT2D eigenvalue weighted by molar-refractivity contribution is 6.59. The molecule has 19 heavy (non-hydrogen) atoms. The van der Waals surface area contributed by atoms with Crippen LogP contribution in [0.5, 0.6) is 0 Å². The molecule has 1 atom stereocenters. The Morgan fingerprint density at radius 1 is 1.16 bits per heavy atom. The zero-order valence-corrected chi connectivity index (χ0v) is 12.1. The second kappa shape index (κ2) is 8.60. The first kappa shape index (κ1) is 18.5. The Morgan fingerprint density at radius 3 is 2.37 bits per heavy atom. The van der Waals surface area contributed by atoms with E-state index in [1.807, 2.05) is 0 Å². The van der Waals surface area contributed by atoms with Crippen LogP contribution in [0.15, 0.2) is 0 Å². The van der Waals surface area contributed by atoms with E-state index < -0.39 is 17.6 Å². The lowest BCUT2D eigenvalue weighted by Crippen LogP contribution is -2.43. The van der Waals surface area contributed by atoms with Gasteiger partial charge < -0.3 is 5.32 Å². The third-order valence-corrected chi connectivity index (χ3v) is 3.45. The van der Waals surface area contributed by atoms with E-state index in [4.69, 9.17) is 0 Å². The third-order valence-electron chi connectivity index (χ3n) is 3.45. The van der Waals surface area contributed by atoms with Crippen LogP contribution in [0.3, 0.4) is 0 Å². The van der Waals surface area contributed by atoms with Gasteiger partial charge in [0.05, 0.1) is 6.04 Å². The summed E-state index contributed by atoms with van der Waals surface area (Å²) in [6.07, 6.45) is 2.21. The Labute approximate surface area is 124 Å². The Hall–Kier alpha value is -0.530. The number of carbonyl (C=O) groups excluding carboxylic acids is 3. The van der Waals surface area contributed by atoms with Gasteiger partial charge >= 0.3 is 0 Å². The van der Waals surface area contributed by atoms with Gasteiger partial charge in [-0.1, -0.05) is 0 Å². The molecule has 110 valence electrons. The smallest absolute Gasteiger partial charge is 0.262 e. The predicted molar refractivity (Wildman–Crippen MR) is 75.0 cm³/mol. The minimum absolute atomic E-state index is 0. The lowest BCUT2D eigenvalue weighted by molar-refractivity contribution is -0.140. The van der Waals surface area contributed by atoms with Crippen molar-refractivity contribution in [3.8, 4) is 0 Å². The molecule has 2 saturated heterocycles. The fourth-order valence-corrected chi connectivity index (χ4v) is 2.45.